The molecule has 1 aromatic rings. The maximum absolute atomic E-state index is 12.6. The minimum absolute atomic E-state index is 0.101. The Labute approximate surface area is 125 Å². The molecule has 0 spiro atoms. The van der Waals surface area contributed by atoms with Crippen LogP contribution >= 0.6 is 11.8 Å². The van der Waals surface area contributed by atoms with Gasteiger partial charge in [0, 0.05) is 17.0 Å². The molecule has 3 N–H and O–H groups in total. The molecule has 0 radical (unpaired) electrons. The maximum atomic E-state index is 12.6. The molecular formula is C14H22N2O2S2. The molecule has 1 aliphatic rings. The summed E-state index contributed by atoms with van der Waals surface area (Å²) in [5, 5.41) is 0. The van der Waals surface area contributed by atoms with Crippen LogP contribution in [-0.2, 0) is 10.0 Å². The van der Waals surface area contributed by atoms with Crippen molar-refractivity contribution in [2.24, 2.45) is 0 Å². The molecule has 1 fully saturated rings. The van der Waals surface area contributed by atoms with Crippen molar-refractivity contribution in [1.29, 1.82) is 0 Å². The molecule has 2 rings (SSSR count). The monoisotopic (exact) mass is 314 g/mol. The van der Waals surface area contributed by atoms with E-state index in [1.54, 1.807) is 18.7 Å². The Hall–Kier alpha value is -0.720. The second-order valence-corrected chi connectivity index (χ2v) is 8.55. The molecule has 1 aromatic carbocycles. The topological polar surface area (TPSA) is 72.2 Å². The zero-order valence-electron chi connectivity index (χ0n) is 12.4. The first-order valence-electron chi connectivity index (χ1n) is 6.63. The molecule has 6 heteroatoms. The highest BCUT2D eigenvalue weighted by atomic mass is 32.2. The molecule has 112 valence electrons. The Balaban J connectivity index is 2.35. The van der Waals surface area contributed by atoms with Crippen molar-refractivity contribution in [3.05, 3.63) is 22.8 Å². The van der Waals surface area contributed by atoms with Gasteiger partial charge >= 0.3 is 0 Å². The van der Waals surface area contributed by atoms with Crippen LogP contribution in [0.2, 0.25) is 0 Å². The van der Waals surface area contributed by atoms with Crippen LogP contribution in [0.15, 0.2) is 11.0 Å². The van der Waals surface area contributed by atoms with Gasteiger partial charge in [-0.25, -0.2) is 13.1 Å². The molecule has 0 atom stereocenters. The lowest BCUT2D eigenvalue weighted by Gasteiger charge is -2.18. The number of hydrogen-bond donors (Lipinski definition) is 2. The Kier molecular flexibility index (Phi) is 4.10. The third kappa shape index (κ3) is 2.82. The fourth-order valence-corrected chi connectivity index (χ4v) is 4.85. The lowest BCUT2D eigenvalue weighted by molar-refractivity contribution is 0.578. The molecule has 0 heterocycles. The summed E-state index contributed by atoms with van der Waals surface area (Å²) in [6, 6.07) is 1.83. The van der Waals surface area contributed by atoms with Gasteiger partial charge < -0.3 is 5.73 Å². The second-order valence-electron chi connectivity index (χ2n) is 5.57. The molecule has 4 nitrogen and oxygen atoms in total. The first kappa shape index (κ1) is 15.7. The smallest absolute Gasteiger partial charge is 0.241 e. The first-order valence-corrected chi connectivity index (χ1v) is 9.34. The quantitative estimate of drug-likeness (QED) is 0.819. The SMILES string of the molecule is CSC1(CNS(=O)(=O)c2c(C)c(C)cc(N)c2C)CC1. The third-order valence-corrected chi connectivity index (χ3v) is 7.26. The number of nitrogens with one attached hydrogen (secondary N) is 1. The summed E-state index contributed by atoms with van der Waals surface area (Å²) in [6.07, 6.45) is 4.18. The zero-order valence-corrected chi connectivity index (χ0v) is 14.0. The van der Waals surface area contributed by atoms with Crippen LogP contribution in [-0.4, -0.2) is 26.0 Å². The van der Waals surface area contributed by atoms with Gasteiger partial charge in [0.25, 0.3) is 0 Å². The predicted octanol–water partition coefficient (Wildman–Crippen LogP) is 2.37. The average molecular weight is 314 g/mol. The summed E-state index contributed by atoms with van der Waals surface area (Å²) >= 11 is 1.74. The van der Waals surface area contributed by atoms with E-state index in [1.807, 2.05) is 26.2 Å². The van der Waals surface area contributed by atoms with E-state index in [2.05, 4.69) is 4.72 Å². The van der Waals surface area contributed by atoms with Crippen molar-refractivity contribution in [2.45, 2.75) is 43.3 Å². The van der Waals surface area contributed by atoms with Crippen molar-refractivity contribution in [3.8, 4) is 0 Å². The summed E-state index contributed by atoms with van der Waals surface area (Å²) in [6.45, 7) is 5.97. The molecule has 0 saturated heterocycles. The second kappa shape index (κ2) is 5.24. The summed E-state index contributed by atoms with van der Waals surface area (Å²) in [7, 11) is -3.51. The van der Waals surface area contributed by atoms with Crippen molar-refractivity contribution in [2.75, 3.05) is 18.5 Å². The van der Waals surface area contributed by atoms with E-state index in [1.165, 1.54) is 0 Å². The van der Waals surface area contributed by atoms with Gasteiger partial charge in [0.1, 0.15) is 0 Å². The van der Waals surface area contributed by atoms with Crippen LogP contribution in [0.25, 0.3) is 0 Å². The van der Waals surface area contributed by atoms with Gasteiger partial charge in [0.2, 0.25) is 10.0 Å². The van der Waals surface area contributed by atoms with Crippen molar-refractivity contribution in [1.82, 2.24) is 4.72 Å². The number of aryl methyl sites for hydroxylation is 1. The first-order chi connectivity index (χ1) is 9.22. The van der Waals surface area contributed by atoms with Crippen LogP contribution in [0.5, 0.6) is 0 Å². The highest BCUT2D eigenvalue weighted by Crippen LogP contribution is 2.46. The number of rotatable bonds is 5. The summed E-state index contributed by atoms with van der Waals surface area (Å²) in [5.74, 6) is 0. The number of nitrogen functional groups attached to an aromatic ring is 1. The van der Waals surface area contributed by atoms with Gasteiger partial charge in [0.05, 0.1) is 4.90 Å². The van der Waals surface area contributed by atoms with E-state index in [-0.39, 0.29) is 4.75 Å². The van der Waals surface area contributed by atoms with Crippen molar-refractivity contribution < 1.29 is 8.42 Å². The van der Waals surface area contributed by atoms with Crippen LogP contribution in [0.1, 0.15) is 29.5 Å². The number of hydrogen-bond acceptors (Lipinski definition) is 4. The van der Waals surface area contributed by atoms with Gasteiger partial charge in [-0.1, -0.05) is 0 Å². The summed E-state index contributed by atoms with van der Waals surface area (Å²) < 4.78 is 28.0. The van der Waals surface area contributed by atoms with Crippen LogP contribution in [0.3, 0.4) is 0 Å². The Morgan fingerprint density at radius 3 is 2.40 bits per heavy atom. The van der Waals surface area contributed by atoms with E-state index in [9.17, 15) is 8.42 Å². The number of thioether (sulfide) groups is 1. The van der Waals surface area contributed by atoms with Crippen molar-refractivity contribution in [3.63, 3.8) is 0 Å². The number of anilines is 1. The molecule has 1 saturated carbocycles. The van der Waals surface area contributed by atoms with Gasteiger partial charge in [-0.05, 0) is 62.6 Å². The normalized spacial score (nSPS) is 17.2. The average Bonchev–Trinajstić information content (AvgIpc) is 3.15. The summed E-state index contributed by atoms with van der Waals surface area (Å²) in [5.41, 5.74) is 8.75. The van der Waals surface area contributed by atoms with E-state index in [0.717, 1.165) is 24.0 Å². The van der Waals surface area contributed by atoms with Gasteiger partial charge in [-0.15, -0.1) is 0 Å². The Bertz CT molecular complexity index is 609. The van der Waals surface area contributed by atoms with E-state index < -0.39 is 10.0 Å². The third-order valence-electron chi connectivity index (χ3n) is 4.17. The number of nitrogens with two attached hydrogens (primary N) is 1. The standard InChI is InChI=1S/C14H22N2O2S2/c1-9-7-12(15)11(3)13(10(9)2)20(17,18)16-8-14(19-4)5-6-14/h7,16H,5-6,8,15H2,1-4H3. The fourth-order valence-electron chi connectivity index (χ4n) is 2.34. The lowest BCUT2D eigenvalue weighted by atomic mass is 10.1. The molecule has 20 heavy (non-hydrogen) atoms. The Morgan fingerprint density at radius 1 is 1.30 bits per heavy atom. The highest BCUT2D eigenvalue weighted by Gasteiger charge is 2.42. The molecule has 0 unspecified atom stereocenters. The number of sulfonamides is 1. The fraction of sp³-hybridized carbons (Fsp3) is 0.571. The minimum Gasteiger partial charge on any atom is -0.398 e. The maximum Gasteiger partial charge on any atom is 0.241 e. The van der Waals surface area contributed by atoms with E-state index in [0.29, 0.717) is 22.7 Å². The zero-order chi connectivity index (χ0) is 15.1. The van der Waals surface area contributed by atoms with Crippen LogP contribution in [0, 0.1) is 20.8 Å². The Morgan fingerprint density at radius 2 is 1.90 bits per heavy atom. The minimum atomic E-state index is -3.51. The van der Waals surface area contributed by atoms with Gasteiger partial charge in [-0.2, -0.15) is 11.8 Å². The highest BCUT2D eigenvalue weighted by molar-refractivity contribution is 8.00. The lowest BCUT2D eigenvalue weighted by Crippen LogP contribution is -2.32. The summed E-state index contributed by atoms with van der Waals surface area (Å²) in [4.78, 5) is 0.340. The van der Waals surface area contributed by atoms with Crippen LogP contribution in [0.4, 0.5) is 5.69 Å². The molecule has 1 aliphatic carbocycles. The largest absolute Gasteiger partial charge is 0.398 e. The van der Waals surface area contributed by atoms with E-state index in [4.69, 9.17) is 5.73 Å². The predicted molar refractivity (Wildman–Crippen MR) is 85.7 cm³/mol. The molecule has 0 aliphatic heterocycles. The molecular weight excluding hydrogens is 292 g/mol. The molecule has 0 aromatic heterocycles. The van der Waals surface area contributed by atoms with E-state index >= 15 is 0 Å². The molecule has 0 amide bonds. The van der Waals surface area contributed by atoms with Crippen molar-refractivity contribution >= 4 is 27.5 Å². The van der Waals surface area contributed by atoms with Gasteiger partial charge in [0.15, 0.2) is 0 Å². The van der Waals surface area contributed by atoms with Gasteiger partial charge in [-0.3, -0.25) is 0 Å². The van der Waals surface area contributed by atoms with Crippen LogP contribution < -0.4 is 10.5 Å². The molecule has 0 bridgehead atoms. The number of benzene rings is 1.